The molecule has 0 radical (unpaired) electrons. The van der Waals surface area contributed by atoms with Gasteiger partial charge in [-0.25, -0.2) is 0 Å². The van der Waals surface area contributed by atoms with E-state index in [2.05, 4.69) is 131 Å². The number of hydrogen-bond acceptors (Lipinski definition) is 2. The van der Waals surface area contributed by atoms with Crippen molar-refractivity contribution in [1.29, 1.82) is 0 Å². The van der Waals surface area contributed by atoms with Crippen LogP contribution < -0.4 is 4.57 Å². The largest absolute Gasteiger partial charge is 3.00 e. The van der Waals surface area contributed by atoms with Gasteiger partial charge >= 0.3 is 26.3 Å². The summed E-state index contributed by atoms with van der Waals surface area (Å²) in [5, 5.41) is 3.35. The van der Waals surface area contributed by atoms with E-state index in [0.29, 0.717) is 17.4 Å². The molecule has 0 N–H and O–H groups in total. The average Bonchev–Trinajstić information content (AvgIpc) is 3.88. The number of thiophene rings is 1. The zero-order chi connectivity index (χ0) is 46.4. The van der Waals surface area contributed by atoms with Crippen LogP contribution in [0.2, 0.25) is 0 Å². The molecule has 9 heteroatoms. The van der Waals surface area contributed by atoms with Gasteiger partial charge in [-0.3, -0.25) is 13.9 Å². The van der Waals surface area contributed by atoms with Crippen LogP contribution in [0.4, 0.5) is 17.6 Å². The number of pyridine rings is 1. The van der Waals surface area contributed by atoms with Crippen LogP contribution in [-0.4, -0.2) is 15.7 Å². The SMILES string of the molecule is CC(C)(C)c1cc(-[n+]2[c-]ccc3cc(-c4ccc(CC(C)(C)C(F)(F)F)cc4)sc32)[c-]c2ccccc12.CC(C)c1cccc(C(C)C)c1-n1c(-c2[c-]cc(F)cc2)nc2ccccc21.[Ir+3]. The number of para-hydroxylation sites is 3. The molecule has 0 aliphatic heterocycles. The van der Waals surface area contributed by atoms with Crippen LogP contribution in [0.3, 0.4) is 0 Å². The molecule has 3 nitrogen and oxygen atoms in total. The summed E-state index contributed by atoms with van der Waals surface area (Å²) in [4.78, 5) is 7.00. The number of nitrogens with zero attached hydrogens (tertiary/aromatic N) is 3. The third kappa shape index (κ3) is 9.81. The number of halogens is 4. The summed E-state index contributed by atoms with van der Waals surface area (Å²) < 4.78 is 57.8. The van der Waals surface area contributed by atoms with E-state index >= 15 is 0 Å². The molecule has 0 saturated carbocycles. The summed E-state index contributed by atoms with van der Waals surface area (Å²) in [7, 11) is 0. The van der Waals surface area contributed by atoms with Gasteiger partial charge in [0, 0.05) is 22.1 Å². The molecule has 0 unspecified atom stereocenters. The molecule has 0 amide bonds. The molecule has 3 heterocycles. The Bertz CT molecular complexity index is 3110. The molecule has 6 aromatic carbocycles. The van der Waals surface area contributed by atoms with Gasteiger partial charge in [0.15, 0.2) is 11.0 Å². The van der Waals surface area contributed by atoms with Crippen LogP contribution in [0.1, 0.15) is 96.4 Å². The smallest absolute Gasteiger partial charge is 0.333 e. The second-order valence-corrected chi connectivity index (χ2v) is 20.1. The van der Waals surface area contributed by atoms with Gasteiger partial charge < -0.3 is 4.57 Å². The Labute approximate surface area is 403 Å². The molecule has 0 spiro atoms. The van der Waals surface area contributed by atoms with Crippen LogP contribution in [0, 0.1) is 29.6 Å². The van der Waals surface area contributed by atoms with Gasteiger partial charge in [0.2, 0.25) is 0 Å². The van der Waals surface area contributed by atoms with Crippen molar-refractivity contribution in [2.45, 2.75) is 92.2 Å². The van der Waals surface area contributed by atoms with E-state index in [1.54, 1.807) is 29.5 Å². The maximum atomic E-state index is 13.5. The topological polar surface area (TPSA) is 21.7 Å². The minimum atomic E-state index is -4.24. The Balaban J connectivity index is 0.000000201. The second-order valence-electron chi connectivity index (χ2n) is 19.1. The third-order valence-corrected chi connectivity index (χ3v) is 13.2. The maximum absolute atomic E-state index is 13.5. The number of fused-ring (bicyclic) bond motifs is 3. The first-order chi connectivity index (χ1) is 30.8. The van der Waals surface area contributed by atoms with Gasteiger partial charge in [-0.2, -0.15) is 13.2 Å². The molecule has 9 rings (SSSR count). The van der Waals surface area contributed by atoms with E-state index in [-0.39, 0.29) is 37.8 Å². The van der Waals surface area contributed by atoms with E-state index in [0.717, 1.165) is 54.2 Å². The van der Waals surface area contributed by atoms with Crippen molar-refractivity contribution >= 4 is 43.4 Å². The van der Waals surface area contributed by atoms with Crippen molar-refractivity contribution in [3.05, 3.63) is 180 Å². The van der Waals surface area contributed by atoms with Crippen molar-refractivity contribution in [2.75, 3.05) is 0 Å². The molecule has 66 heavy (non-hydrogen) atoms. The Hall–Kier alpha value is -5.47. The number of alkyl halides is 3. The van der Waals surface area contributed by atoms with E-state index in [9.17, 15) is 17.6 Å². The zero-order valence-electron chi connectivity index (χ0n) is 38.7. The first-order valence-electron chi connectivity index (χ1n) is 22.1. The summed E-state index contributed by atoms with van der Waals surface area (Å²) in [5.74, 6) is 1.22. The van der Waals surface area contributed by atoms with Crippen LogP contribution in [0.5, 0.6) is 0 Å². The Morgan fingerprint density at radius 1 is 0.758 bits per heavy atom. The van der Waals surface area contributed by atoms with E-state index in [1.807, 2.05) is 48.5 Å². The van der Waals surface area contributed by atoms with E-state index in [1.165, 1.54) is 53.7 Å². The summed E-state index contributed by atoms with van der Waals surface area (Å²) in [6.45, 7) is 18.0. The predicted molar refractivity (Wildman–Crippen MR) is 260 cm³/mol. The van der Waals surface area contributed by atoms with Gasteiger partial charge in [0.1, 0.15) is 0 Å². The van der Waals surface area contributed by atoms with Crippen LogP contribution in [0.15, 0.2) is 133 Å². The summed E-state index contributed by atoms with van der Waals surface area (Å²) in [5.41, 5.74) is 8.52. The van der Waals surface area contributed by atoms with Crippen LogP contribution in [-0.2, 0) is 31.9 Å². The fourth-order valence-electron chi connectivity index (χ4n) is 8.37. The summed E-state index contributed by atoms with van der Waals surface area (Å²) in [6, 6.07) is 50.0. The van der Waals surface area contributed by atoms with Gasteiger partial charge in [-0.15, -0.1) is 87.8 Å². The van der Waals surface area contributed by atoms with Gasteiger partial charge in [0.25, 0.3) is 0 Å². The minimum absolute atomic E-state index is 0. The predicted octanol–water partition coefficient (Wildman–Crippen LogP) is 15.9. The monoisotopic (exact) mass is 1080 g/mol. The first-order valence-corrected chi connectivity index (χ1v) is 22.9. The molecule has 0 aliphatic rings. The molecule has 0 atom stereocenters. The molecule has 0 fully saturated rings. The molecular formula is C57H53F4IrN3S+. The Morgan fingerprint density at radius 3 is 2.06 bits per heavy atom. The number of benzene rings is 6. The normalized spacial score (nSPS) is 12.2. The fraction of sp³-hybridized carbons (Fsp3) is 0.263. The number of hydrogen-bond donors (Lipinski definition) is 0. The number of aromatic nitrogens is 3. The number of rotatable bonds is 8. The average molecular weight is 1080 g/mol. The maximum Gasteiger partial charge on any atom is 3.00 e. The third-order valence-electron chi connectivity index (χ3n) is 12.0. The van der Waals surface area contributed by atoms with E-state index < -0.39 is 11.6 Å². The van der Waals surface area contributed by atoms with Crippen LogP contribution in [0.25, 0.3) is 65.2 Å². The molecule has 0 bridgehead atoms. The van der Waals surface area contributed by atoms with Crippen LogP contribution >= 0.6 is 11.3 Å². The van der Waals surface area contributed by atoms with Crippen molar-refractivity contribution in [3.8, 4) is 33.2 Å². The van der Waals surface area contributed by atoms with Crippen molar-refractivity contribution in [3.63, 3.8) is 0 Å². The molecule has 0 saturated heterocycles. The second kappa shape index (κ2) is 19.0. The molecular weight excluding hydrogens is 1030 g/mol. The Kier molecular flexibility index (Phi) is 14.0. The van der Waals surface area contributed by atoms with Crippen molar-refractivity contribution in [2.24, 2.45) is 5.41 Å². The Morgan fingerprint density at radius 2 is 1.42 bits per heavy atom. The summed E-state index contributed by atoms with van der Waals surface area (Å²) >= 11 is 1.65. The van der Waals surface area contributed by atoms with Gasteiger partial charge in [-0.05, 0) is 69.5 Å². The minimum Gasteiger partial charge on any atom is -0.333 e. The van der Waals surface area contributed by atoms with Crippen molar-refractivity contribution < 1.29 is 42.2 Å². The zero-order valence-corrected chi connectivity index (χ0v) is 41.9. The van der Waals surface area contributed by atoms with Gasteiger partial charge in [-0.1, -0.05) is 135 Å². The first kappa shape index (κ1) is 48.5. The fourth-order valence-corrected chi connectivity index (χ4v) is 9.51. The standard InChI is InChI=1S/C32H29F3NS.C25H24FN2.Ir/c1-30(2,3)27-19-25(17-23-9-6-7-11-26(23)27)36-16-8-10-24-18-28(37-29(24)36)22-14-12-21(13-15-22)20-31(4,5)32(33,34)35;1-16(2)20-8-7-9-21(17(3)4)24(20)28-23-11-6-5-10-22(23)27-25(28)18-12-14-19(26)15-13-18;/h6-15,18-19H,20H2,1-5H3;5-12,14-17H,1-4H3;/q2*-1;+3. The quantitative estimate of drug-likeness (QED) is 0.0844. The molecule has 338 valence electrons. The van der Waals surface area contributed by atoms with E-state index in [4.69, 9.17) is 4.98 Å². The molecule has 0 aliphatic carbocycles. The number of imidazole rings is 1. The van der Waals surface area contributed by atoms with Crippen molar-refractivity contribution in [1.82, 2.24) is 9.55 Å². The molecule has 3 aromatic heterocycles. The van der Waals surface area contributed by atoms with Gasteiger partial charge in [0.05, 0.1) is 22.3 Å². The summed E-state index contributed by atoms with van der Waals surface area (Å²) in [6.07, 6.45) is -0.918. The molecule has 9 aromatic rings.